The van der Waals surface area contributed by atoms with Gasteiger partial charge in [-0.15, -0.1) is 0 Å². The first kappa shape index (κ1) is 22.9. The summed E-state index contributed by atoms with van der Waals surface area (Å²) in [5.41, 5.74) is -1.17. The summed E-state index contributed by atoms with van der Waals surface area (Å²) >= 11 is 10.6. The highest BCUT2D eigenvalue weighted by Gasteiger charge is 2.35. The Kier molecular flexibility index (Phi) is 6.66. The first-order chi connectivity index (χ1) is 14.0. The fraction of sp³-hybridized carbons (Fsp3) is 0.316. The molecular weight excluding hydrogens is 459 g/mol. The molecule has 0 aromatic heterocycles. The predicted molar refractivity (Wildman–Crippen MR) is 113 cm³/mol. The second kappa shape index (κ2) is 8.74. The second-order valence-corrected chi connectivity index (χ2v) is 9.31. The molecule has 11 heteroatoms. The summed E-state index contributed by atoms with van der Waals surface area (Å²) in [5, 5.41) is 1.84. The Labute approximate surface area is 182 Å². The quantitative estimate of drug-likeness (QED) is 0.475. The number of hydrogen-bond acceptors (Lipinski definition) is 5. The fourth-order valence-electron chi connectivity index (χ4n) is 3.20. The molecule has 0 saturated carbocycles. The van der Waals surface area contributed by atoms with E-state index in [4.69, 9.17) is 11.6 Å². The van der Waals surface area contributed by atoms with E-state index in [1.165, 1.54) is 34.6 Å². The van der Waals surface area contributed by atoms with Gasteiger partial charge in [0.2, 0.25) is 10.0 Å². The minimum atomic E-state index is -4.70. The number of halogens is 4. The molecule has 2 aromatic carbocycles. The third-order valence-electron chi connectivity index (χ3n) is 4.80. The minimum Gasteiger partial charge on any atom is -0.304 e. The molecular formula is C19H17ClF3N3O2S2. The van der Waals surface area contributed by atoms with Crippen LogP contribution < -0.4 is 0 Å². The third-order valence-corrected chi connectivity index (χ3v) is 7.10. The van der Waals surface area contributed by atoms with E-state index in [2.05, 4.69) is 17.2 Å². The molecule has 5 nitrogen and oxygen atoms in total. The fourth-order valence-corrected chi connectivity index (χ4v) is 5.05. The van der Waals surface area contributed by atoms with E-state index in [-0.39, 0.29) is 26.7 Å². The van der Waals surface area contributed by atoms with E-state index < -0.39 is 21.8 Å². The Morgan fingerprint density at radius 2 is 1.70 bits per heavy atom. The highest BCUT2D eigenvalue weighted by atomic mass is 35.5. The molecule has 1 saturated heterocycles. The van der Waals surface area contributed by atoms with Crippen LogP contribution in [0.2, 0.25) is 5.02 Å². The average Bonchev–Trinajstić information content (AvgIpc) is 2.67. The topological polar surface area (TPSA) is 53.0 Å². The lowest BCUT2D eigenvalue weighted by molar-refractivity contribution is -0.137. The number of alkyl halides is 3. The van der Waals surface area contributed by atoms with Gasteiger partial charge < -0.3 is 4.90 Å². The van der Waals surface area contributed by atoms with Crippen LogP contribution in [0.4, 0.5) is 18.9 Å². The van der Waals surface area contributed by atoms with Crippen molar-refractivity contribution in [3.63, 3.8) is 0 Å². The average molecular weight is 476 g/mol. The molecule has 30 heavy (non-hydrogen) atoms. The lowest BCUT2D eigenvalue weighted by atomic mass is 9.98. The first-order valence-electron chi connectivity index (χ1n) is 8.82. The van der Waals surface area contributed by atoms with Crippen LogP contribution in [-0.2, 0) is 16.2 Å². The molecule has 1 heterocycles. The van der Waals surface area contributed by atoms with Gasteiger partial charge in [0, 0.05) is 31.7 Å². The van der Waals surface area contributed by atoms with Crippen molar-refractivity contribution < 1.29 is 21.6 Å². The Hall–Kier alpha value is -1.81. The number of rotatable bonds is 4. The Morgan fingerprint density at radius 1 is 1.10 bits per heavy atom. The van der Waals surface area contributed by atoms with Crippen molar-refractivity contribution in [1.82, 2.24) is 9.21 Å². The van der Waals surface area contributed by atoms with Crippen LogP contribution >= 0.6 is 23.8 Å². The molecule has 1 aliphatic rings. The molecule has 0 unspecified atom stereocenters. The molecule has 0 aliphatic carbocycles. The molecule has 0 radical (unpaired) electrons. The van der Waals surface area contributed by atoms with Crippen LogP contribution in [0.1, 0.15) is 5.56 Å². The number of likely N-dealkylation sites (N-methyl/N-ethyl adjacent to an activating group) is 1. The molecule has 0 spiro atoms. The molecule has 3 rings (SSSR count). The van der Waals surface area contributed by atoms with Crippen molar-refractivity contribution in [1.29, 1.82) is 0 Å². The van der Waals surface area contributed by atoms with E-state index in [0.717, 1.165) is 6.07 Å². The van der Waals surface area contributed by atoms with Crippen LogP contribution in [-0.4, -0.2) is 56.0 Å². The van der Waals surface area contributed by atoms with Gasteiger partial charge in [-0.1, -0.05) is 23.7 Å². The van der Waals surface area contributed by atoms with Gasteiger partial charge in [-0.25, -0.2) is 8.42 Å². The Bertz CT molecular complexity index is 1090. The number of hydrogen-bond donors (Lipinski definition) is 0. The van der Waals surface area contributed by atoms with Crippen molar-refractivity contribution >= 4 is 44.7 Å². The standard InChI is InChI=1S/C19H17ClF3N3O2S2/c1-25-6-8-26(9-7-25)30(27,28)15-4-2-13(3-5-15)18-16(19(21,22)23)10-14(24-12-29)11-17(18)20/h2-5,10-11H,6-9H2,1H3. The monoisotopic (exact) mass is 475 g/mol. The van der Waals surface area contributed by atoms with Gasteiger partial charge in [-0.2, -0.15) is 22.5 Å². The zero-order valence-electron chi connectivity index (χ0n) is 15.8. The number of nitrogens with zero attached hydrogens (tertiary/aromatic N) is 3. The van der Waals surface area contributed by atoms with Crippen molar-refractivity contribution in [2.75, 3.05) is 33.2 Å². The number of sulfonamides is 1. The van der Waals surface area contributed by atoms with Crippen molar-refractivity contribution in [2.24, 2.45) is 4.99 Å². The molecule has 0 amide bonds. The van der Waals surface area contributed by atoms with Gasteiger partial charge in [0.1, 0.15) is 0 Å². The van der Waals surface area contributed by atoms with Crippen LogP contribution in [0.15, 0.2) is 46.3 Å². The maximum Gasteiger partial charge on any atom is 0.417 e. The summed E-state index contributed by atoms with van der Waals surface area (Å²) in [4.78, 5) is 5.61. The van der Waals surface area contributed by atoms with E-state index in [0.29, 0.717) is 26.2 Å². The maximum absolute atomic E-state index is 13.6. The molecule has 1 fully saturated rings. The Morgan fingerprint density at radius 3 is 2.23 bits per heavy atom. The third kappa shape index (κ3) is 4.74. The smallest absolute Gasteiger partial charge is 0.304 e. The first-order valence-corrected chi connectivity index (χ1v) is 11.0. The van der Waals surface area contributed by atoms with Gasteiger partial charge in [-0.3, -0.25) is 0 Å². The van der Waals surface area contributed by atoms with E-state index in [9.17, 15) is 21.6 Å². The summed E-state index contributed by atoms with van der Waals surface area (Å²) in [6.07, 6.45) is -4.70. The van der Waals surface area contributed by atoms with Crippen molar-refractivity contribution in [3.8, 4) is 11.1 Å². The van der Waals surface area contributed by atoms with E-state index in [1.54, 1.807) is 0 Å². The molecule has 2 aromatic rings. The zero-order chi connectivity index (χ0) is 22.1. The van der Waals surface area contributed by atoms with E-state index >= 15 is 0 Å². The number of isothiocyanates is 1. The van der Waals surface area contributed by atoms with Gasteiger partial charge in [0.25, 0.3) is 0 Å². The number of thiocarbonyl (C=S) groups is 1. The highest BCUT2D eigenvalue weighted by molar-refractivity contribution is 7.89. The zero-order valence-corrected chi connectivity index (χ0v) is 18.2. The van der Waals surface area contributed by atoms with Crippen LogP contribution in [0, 0.1) is 0 Å². The summed E-state index contributed by atoms with van der Waals surface area (Å²) < 4.78 is 67.9. The van der Waals surface area contributed by atoms with Crippen LogP contribution in [0.5, 0.6) is 0 Å². The number of aliphatic imine (C=N–C) groups is 1. The second-order valence-electron chi connectivity index (χ2n) is 6.78. The molecule has 0 N–H and O–H groups in total. The largest absolute Gasteiger partial charge is 0.417 e. The number of piperazine rings is 1. The van der Waals surface area contributed by atoms with E-state index in [1.807, 2.05) is 17.1 Å². The minimum absolute atomic E-state index is 0.0161. The SMILES string of the molecule is CN1CCN(S(=O)(=O)c2ccc(-c3c(Cl)cc(N=C=S)cc3C(F)(F)F)cc2)CC1. The maximum atomic E-state index is 13.6. The Balaban J connectivity index is 2.01. The summed E-state index contributed by atoms with van der Waals surface area (Å²) in [6.45, 7) is 1.93. The van der Waals surface area contributed by atoms with Crippen LogP contribution in [0.3, 0.4) is 0 Å². The molecule has 160 valence electrons. The van der Waals surface area contributed by atoms with Crippen molar-refractivity contribution in [2.45, 2.75) is 11.1 Å². The summed E-state index contributed by atoms with van der Waals surface area (Å²) in [5.74, 6) is 0. The summed E-state index contributed by atoms with van der Waals surface area (Å²) in [6, 6.07) is 7.31. The lowest BCUT2D eigenvalue weighted by Crippen LogP contribution is -2.46. The predicted octanol–water partition coefficient (Wildman–Crippen LogP) is 4.70. The molecule has 0 bridgehead atoms. The van der Waals surface area contributed by atoms with Crippen molar-refractivity contribution in [3.05, 3.63) is 47.0 Å². The summed E-state index contributed by atoms with van der Waals surface area (Å²) in [7, 11) is -1.82. The van der Waals surface area contributed by atoms with Gasteiger partial charge in [0.05, 0.1) is 26.3 Å². The highest BCUT2D eigenvalue weighted by Crippen LogP contribution is 2.43. The van der Waals surface area contributed by atoms with Gasteiger partial charge in [0.15, 0.2) is 0 Å². The van der Waals surface area contributed by atoms with Crippen LogP contribution in [0.25, 0.3) is 11.1 Å². The molecule has 0 atom stereocenters. The van der Waals surface area contributed by atoms with Gasteiger partial charge in [-0.05, 0) is 49.1 Å². The normalized spacial score (nSPS) is 16.3. The lowest BCUT2D eigenvalue weighted by Gasteiger charge is -2.31. The van der Waals surface area contributed by atoms with Gasteiger partial charge >= 0.3 is 6.18 Å². The number of benzene rings is 2. The molecule has 1 aliphatic heterocycles.